The zero-order chi connectivity index (χ0) is 46.5. The SMILES string of the molecule is CCCCCCCCCCCC[P+](CCCCCCCCCCCC)(CCCCCCCCCCCC)CCOCCCC.CCCCOCCOP(=O)([O-])OCCOCCCC. The molecule has 0 N–H and O–H groups in total. The van der Waals surface area contributed by atoms with Crippen molar-refractivity contribution in [1.82, 2.24) is 0 Å². The van der Waals surface area contributed by atoms with Gasteiger partial charge in [-0.05, 0) is 57.8 Å². The molecule has 0 aliphatic heterocycles. The Morgan fingerprint density at radius 1 is 0.286 bits per heavy atom. The van der Waals surface area contributed by atoms with Crippen LogP contribution in [0.15, 0.2) is 0 Å². The minimum atomic E-state index is -4.21. The lowest BCUT2D eigenvalue weighted by atomic mass is 10.1. The summed E-state index contributed by atoms with van der Waals surface area (Å²) in [6, 6.07) is 0. The van der Waals surface area contributed by atoms with Crippen LogP contribution in [0, 0.1) is 0 Å². The fourth-order valence-electron chi connectivity index (χ4n) is 8.23. The molecule has 0 unspecified atom stereocenters. The van der Waals surface area contributed by atoms with Crippen molar-refractivity contribution < 1.29 is 32.7 Å². The molecular formula is C54H114O7P2. The van der Waals surface area contributed by atoms with Gasteiger partial charge in [-0.1, -0.05) is 215 Å². The van der Waals surface area contributed by atoms with Crippen molar-refractivity contribution in [3.8, 4) is 0 Å². The standard InChI is InChI=1S/C42H88OP.C12H27O6P/c1-5-9-13-16-19-22-25-28-31-34-39-44(42-38-43-37-12-8-4,40-35-32-29-26-23-20-17-14-10-6-2)41-36-33-30-27-24-21-18-15-11-7-3;1-3-5-7-15-9-11-17-19(13,14)18-12-10-16-8-6-4-2/h5-42H2,1-4H3;3-12H2,1-2H3,(H,13,14)/q+1;/p-1. The molecule has 0 heterocycles. The number of unbranched alkanes of at least 4 members (excludes halogenated alkanes) is 30. The maximum absolute atomic E-state index is 11.3. The van der Waals surface area contributed by atoms with Crippen LogP contribution < -0.4 is 4.89 Å². The Labute approximate surface area is 396 Å². The highest BCUT2D eigenvalue weighted by Gasteiger charge is 2.35. The summed E-state index contributed by atoms with van der Waals surface area (Å²) in [6.07, 6.45) is 56.6. The molecule has 0 aromatic heterocycles. The van der Waals surface area contributed by atoms with E-state index in [1.165, 1.54) is 212 Å². The first-order chi connectivity index (χ1) is 30.9. The van der Waals surface area contributed by atoms with E-state index >= 15 is 0 Å². The van der Waals surface area contributed by atoms with Gasteiger partial charge >= 0.3 is 0 Å². The van der Waals surface area contributed by atoms with Gasteiger partial charge in [-0.25, -0.2) is 0 Å². The lowest BCUT2D eigenvalue weighted by Gasteiger charge is -2.28. The minimum absolute atomic E-state index is 0.0127. The van der Waals surface area contributed by atoms with Gasteiger partial charge in [0.1, 0.15) is 0 Å². The molecular weight excluding hydrogens is 823 g/mol. The lowest BCUT2D eigenvalue weighted by Crippen LogP contribution is -2.17. The van der Waals surface area contributed by atoms with Crippen molar-refractivity contribution >= 4 is 15.1 Å². The largest absolute Gasteiger partial charge is 0.756 e. The third kappa shape index (κ3) is 53.2. The third-order valence-electron chi connectivity index (χ3n) is 12.5. The van der Waals surface area contributed by atoms with Crippen molar-refractivity contribution in [1.29, 1.82) is 0 Å². The van der Waals surface area contributed by atoms with Gasteiger partial charge in [0.2, 0.25) is 0 Å². The summed E-state index contributed by atoms with van der Waals surface area (Å²) in [4.78, 5) is 11.3. The van der Waals surface area contributed by atoms with Crippen molar-refractivity contribution in [3.05, 3.63) is 0 Å². The van der Waals surface area contributed by atoms with Gasteiger partial charge in [0.25, 0.3) is 7.82 Å². The highest BCUT2D eigenvalue weighted by atomic mass is 31.2. The number of phosphoric ester groups is 1. The van der Waals surface area contributed by atoms with Gasteiger partial charge in [0, 0.05) is 27.1 Å². The van der Waals surface area contributed by atoms with Crippen LogP contribution >= 0.6 is 15.1 Å². The van der Waals surface area contributed by atoms with E-state index in [0.717, 1.165) is 38.9 Å². The van der Waals surface area contributed by atoms with Crippen LogP contribution in [0.3, 0.4) is 0 Å². The number of phosphoric acid groups is 1. The van der Waals surface area contributed by atoms with E-state index in [9.17, 15) is 9.46 Å². The average Bonchev–Trinajstić information content (AvgIpc) is 3.28. The molecule has 0 fully saturated rings. The molecule has 0 amide bonds. The van der Waals surface area contributed by atoms with E-state index in [4.69, 9.17) is 14.2 Å². The fourth-order valence-corrected chi connectivity index (χ4v) is 13.4. The predicted octanol–water partition coefficient (Wildman–Crippen LogP) is 17.7. The summed E-state index contributed by atoms with van der Waals surface area (Å²) in [5, 5.41) is 0. The molecule has 0 bridgehead atoms. The van der Waals surface area contributed by atoms with Crippen molar-refractivity contribution in [3.63, 3.8) is 0 Å². The number of hydrogen-bond donors (Lipinski definition) is 0. The molecule has 7 nitrogen and oxygen atoms in total. The first kappa shape index (κ1) is 65.5. The number of ether oxygens (including phenoxy) is 3. The van der Waals surface area contributed by atoms with E-state index in [2.05, 4.69) is 50.6 Å². The molecule has 9 heteroatoms. The normalized spacial score (nSPS) is 12.0. The summed E-state index contributed by atoms with van der Waals surface area (Å²) >= 11 is 0. The summed E-state index contributed by atoms with van der Waals surface area (Å²) < 4.78 is 37.2. The minimum Gasteiger partial charge on any atom is -0.756 e. The van der Waals surface area contributed by atoms with Crippen molar-refractivity contribution in [2.75, 3.05) is 77.5 Å². The molecule has 0 atom stereocenters. The number of hydrogen-bond acceptors (Lipinski definition) is 7. The molecule has 0 saturated carbocycles. The molecule has 382 valence electrons. The van der Waals surface area contributed by atoms with Crippen LogP contribution in [0.4, 0.5) is 0 Å². The first-order valence-electron chi connectivity index (χ1n) is 28.0. The Kier molecular flexibility index (Phi) is 57.2. The van der Waals surface area contributed by atoms with Gasteiger partial charge in [-0.2, -0.15) is 0 Å². The highest BCUT2D eigenvalue weighted by molar-refractivity contribution is 7.75. The quantitative estimate of drug-likeness (QED) is 0.0443. The zero-order valence-corrected chi connectivity index (χ0v) is 45.5. The predicted molar refractivity (Wildman–Crippen MR) is 279 cm³/mol. The van der Waals surface area contributed by atoms with E-state index < -0.39 is 15.1 Å². The second kappa shape index (κ2) is 55.0. The first-order valence-corrected chi connectivity index (χ1v) is 32.0. The van der Waals surface area contributed by atoms with Crippen LogP contribution in [-0.4, -0.2) is 77.5 Å². The Morgan fingerprint density at radius 3 is 0.794 bits per heavy atom. The van der Waals surface area contributed by atoms with Gasteiger partial charge in [0.15, 0.2) is 0 Å². The topological polar surface area (TPSA) is 86.3 Å². The molecule has 0 radical (unpaired) electrons. The smallest absolute Gasteiger partial charge is 0.268 e. The Hall–Kier alpha value is 0.420. The average molecular weight is 937 g/mol. The molecule has 0 aromatic rings. The lowest BCUT2D eigenvalue weighted by molar-refractivity contribution is -0.227. The molecule has 0 spiro atoms. The Morgan fingerprint density at radius 2 is 0.524 bits per heavy atom. The van der Waals surface area contributed by atoms with Gasteiger partial charge in [-0.15, -0.1) is 0 Å². The summed E-state index contributed by atoms with van der Waals surface area (Å²) in [7, 11) is -5.11. The van der Waals surface area contributed by atoms with Crippen LogP contribution in [0.1, 0.15) is 273 Å². The second-order valence-corrected chi connectivity index (χ2v) is 24.7. The van der Waals surface area contributed by atoms with Crippen LogP contribution in [0.2, 0.25) is 0 Å². The molecule has 0 rings (SSSR count). The third-order valence-corrected chi connectivity index (χ3v) is 18.5. The van der Waals surface area contributed by atoms with Crippen LogP contribution in [0.5, 0.6) is 0 Å². The maximum atomic E-state index is 11.3. The molecule has 0 saturated heterocycles. The van der Waals surface area contributed by atoms with Gasteiger partial charge in [0.05, 0.1) is 57.7 Å². The van der Waals surface area contributed by atoms with E-state index in [1.54, 1.807) is 18.5 Å². The van der Waals surface area contributed by atoms with E-state index in [0.29, 0.717) is 13.2 Å². The molecule has 0 aromatic carbocycles. The Bertz CT molecular complexity index is 799. The molecule has 63 heavy (non-hydrogen) atoms. The zero-order valence-electron chi connectivity index (χ0n) is 43.7. The summed E-state index contributed by atoms with van der Waals surface area (Å²) in [6.45, 7) is 17.2. The van der Waals surface area contributed by atoms with Gasteiger partial charge < -0.3 is 28.2 Å². The maximum Gasteiger partial charge on any atom is 0.268 e. The van der Waals surface area contributed by atoms with E-state index in [-0.39, 0.29) is 26.4 Å². The molecule has 0 aliphatic carbocycles. The van der Waals surface area contributed by atoms with E-state index in [1.807, 2.05) is 0 Å². The molecule has 0 aliphatic rings. The summed E-state index contributed by atoms with van der Waals surface area (Å²) in [5.41, 5.74) is 0. The monoisotopic (exact) mass is 937 g/mol. The van der Waals surface area contributed by atoms with Crippen molar-refractivity contribution in [2.45, 2.75) is 273 Å². The van der Waals surface area contributed by atoms with Gasteiger partial charge in [-0.3, -0.25) is 4.57 Å². The number of rotatable bonds is 53. The van der Waals surface area contributed by atoms with Crippen LogP contribution in [-0.2, 0) is 27.8 Å². The highest BCUT2D eigenvalue weighted by Crippen LogP contribution is 2.60. The van der Waals surface area contributed by atoms with Crippen LogP contribution in [0.25, 0.3) is 0 Å². The second-order valence-electron chi connectivity index (χ2n) is 18.8. The fraction of sp³-hybridized carbons (Fsp3) is 1.00. The summed E-state index contributed by atoms with van der Waals surface area (Å²) in [5.74, 6) is 0. The Balaban J connectivity index is 0. The van der Waals surface area contributed by atoms with Crippen molar-refractivity contribution in [2.24, 2.45) is 0 Å².